The average molecular weight is 356 g/mol. The second kappa shape index (κ2) is 7.12. The summed E-state index contributed by atoms with van der Waals surface area (Å²) in [7, 11) is 0. The second-order valence-corrected chi connectivity index (χ2v) is 6.73. The van der Waals surface area contributed by atoms with Gasteiger partial charge in [-0.1, -0.05) is 71.8 Å². The maximum absolute atomic E-state index is 13.2. The molecule has 0 radical (unpaired) electrons. The quantitative estimate of drug-likeness (QED) is 0.474. The molecule has 3 nitrogen and oxygen atoms in total. The van der Waals surface area contributed by atoms with Crippen LogP contribution >= 0.6 is 0 Å². The molecule has 134 valence electrons. The lowest BCUT2D eigenvalue weighted by Gasteiger charge is -2.12. The Morgan fingerprint density at radius 2 is 1.56 bits per heavy atom. The molecule has 0 saturated carbocycles. The summed E-state index contributed by atoms with van der Waals surface area (Å²) in [6.07, 6.45) is 0. The van der Waals surface area contributed by atoms with Gasteiger partial charge in [0.25, 0.3) is 0 Å². The normalized spacial score (nSPS) is 10.9. The highest BCUT2D eigenvalue weighted by molar-refractivity contribution is 5.82. The highest BCUT2D eigenvalue weighted by Gasteiger charge is 2.18. The lowest BCUT2D eigenvalue weighted by molar-refractivity contribution is 0.298. The molecular weight excluding hydrogens is 336 g/mol. The van der Waals surface area contributed by atoms with Crippen LogP contribution in [0.2, 0.25) is 0 Å². The molecule has 0 fully saturated rings. The molecule has 1 aromatic heterocycles. The van der Waals surface area contributed by atoms with Gasteiger partial charge in [0.15, 0.2) is 5.76 Å². The van der Waals surface area contributed by atoms with Crippen molar-refractivity contribution in [3.63, 3.8) is 0 Å². The summed E-state index contributed by atoms with van der Waals surface area (Å²) < 4.78 is 12.1. The van der Waals surface area contributed by atoms with Gasteiger partial charge >= 0.3 is 0 Å². The standard InChI is InChI=1S/C24H20O3/c1-16-8-11-18(12-9-16)15-26-24-22(25)20-14-17(2)10-13-21(20)27-23(24)19-6-4-3-5-7-19/h3-14H,15H2,1-2H3. The minimum absolute atomic E-state index is 0.147. The maximum Gasteiger partial charge on any atom is 0.235 e. The maximum atomic E-state index is 13.2. The first-order valence-corrected chi connectivity index (χ1v) is 8.93. The molecule has 0 aliphatic heterocycles. The van der Waals surface area contributed by atoms with Crippen LogP contribution in [0.5, 0.6) is 5.75 Å². The first-order chi connectivity index (χ1) is 13.1. The van der Waals surface area contributed by atoms with Crippen molar-refractivity contribution in [1.82, 2.24) is 0 Å². The van der Waals surface area contributed by atoms with Crippen molar-refractivity contribution >= 4 is 11.0 Å². The fraction of sp³-hybridized carbons (Fsp3) is 0.125. The van der Waals surface area contributed by atoms with Crippen molar-refractivity contribution in [1.29, 1.82) is 0 Å². The van der Waals surface area contributed by atoms with Gasteiger partial charge in [-0.3, -0.25) is 4.79 Å². The van der Waals surface area contributed by atoms with Gasteiger partial charge in [0.05, 0.1) is 5.39 Å². The molecule has 0 bridgehead atoms. The van der Waals surface area contributed by atoms with Gasteiger partial charge in [-0.05, 0) is 31.5 Å². The molecule has 0 aliphatic carbocycles. The third-order valence-electron chi connectivity index (χ3n) is 4.54. The molecular formula is C24H20O3. The van der Waals surface area contributed by atoms with E-state index in [1.807, 2.05) is 86.6 Å². The van der Waals surface area contributed by atoms with Gasteiger partial charge in [-0.15, -0.1) is 0 Å². The van der Waals surface area contributed by atoms with Gasteiger partial charge in [0.1, 0.15) is 12.2 Å². The van der Waals surface area contributed by atoms with Crippen molar-refractivity contribution in [2.45, 2.75) is 20.5 Å². The monoisotopic (exact) mass is 356 g/mol. The van der Waals surface area contributed by atoms with Gasteiger partial charge in [0.2, 0.25) is 11.2 Å². The topological polar surface area (TPSA) is 39.4 Å². The van der Waals surface area contributed by atoms with Crippen LogP contribution < -0.4 is 10.2 Å². The third kappa shape index (κ3) is 3.49. The van der Waals surface area contributed by atoms with Gasteiger partial charge in [-0.25, -0.2) is 0 Å². The van der Waals surface area contributed by atoms with Gasteiger partial charge in [-0.2, -0.15) is 0 Å². The Balaban J connectivity index is 1.84. The lowest BCUT2D eigenvalue weighted by Crippen LogP contribution is -2.10. The molecule has 0 atom stereocenters. The fourth-order valence-electron chi connectivity index (χ4n) is 3.04. The van der Waals surface area contributed by atoms with E-state index in [1.54, 1.807) is 0 Å². The van der Waals surface area contributed by atoms with E-state index in [4.69, 9.17) is 9.15 Å². The van der Waals surface area contributed by atoms with E-state index < -0.39 is 0 Å². The summed E-state index contributed by atoms with van der Waals surface area (Å²) in [6.45, 7) is 4.30. The number of hydrogen-bond acceptors (Lipinski definition) is 3. The molecule has 0 aliphatic rings. The predicted octanol–water partition coefficient (Wildman–Crippen LogP) is 5.66. The van der Waals surface area contributed by atoms with E-state index in [-0.39, 0.29) is 11.2 Å². The van der Waals surface area contributed by atoms with E-state index in [0.29, 0.717) is 23.3 Å². The summed E-state index contributed by atoms with van der Waals surface area (Å²) in [5, 5.41) is 0.536. The molecule has 1 heterocycles. The summed E-state index contributed by atoms with van der Waals surface area (Å²) in [5.41, 5.74) is 4.42. The second-order valence-electron chi connectivity index (χ2n) is 6.73. The third-order valence-corrected chi connectivity index (χ3v) is 4.54. The highest BCUT2D eigenvalue weighted by Crippen LogP contribution is 2.31. The van der Waals surface area contributed by atoms with E-state index in [9.17, 15) is 4.79 Å². The minimum atomic E-state index is -0.147. The first-order valence-electron chi connectivity index (χ1n) is 8.93. The molecule has 3 heteroatoms. The number of rotatable bonds is 4. The molecule has 0 amide bonds. The molecule has 27 heavy (non-hydrogen) atoms. The van der Waals surface area contributed by atoms with Crippen molar-refractivity contribution in [3.05, 3.63) is 99.7 Å². The zero-order valence-electron chi connectivity index (χ0n) is 15.4. The van der Waals surface area contributed by atoms with Gasteiger partial charge in [0, 0.05) is 5.56 Å². The Hall–Kier alpha value is -3.33. The van der Waals surface area contributed by atoms with Crippen LogP contribution in [0.4, 0.5) is 0 Å². The van der Waals surface area contributed by atoms with Crippen LogP contribution in [0.25, 0.3) is 22.3 Å². The van der Waals surface area contributed by atoms with E-state index >= 15 is 0 Å². The molecule has 4 aromatic rings. The number of benzene rings is 3. The molecule has 3 aromatic carbocycles. The Kier molecular flexibility index (Phi) is 4.51. The number of ether oxygens (including phenoxy) is 1. The largest absolute Gasteiger partial charge is 0.481 e. The van der Waals surface area contributed by atoms with Crippen LogP contribution in [0.1, 0.15) is 16.7 Å². The van der Waals surface area contributed by atoms with E-state index in [1.165, 1.54) is 5.56 Å². The predicted molar refractivity (Wildman–Crippen MR) is 108 cm³/mol. The van der Waals surface area contributed by atoms with Crippen molar-refractivity contribution in [2.75, 3.05) is 0 Å². The molecule has 0 N–H and O–H groups in total. The summed E-state index contributed by atoms with van der Waals surface area (Å²) >= 11 is 0. The highest BCUT2D eigenvalue weighted by atomic mass is 16.5. The Bertz CT molecular complexity index is 1140. The Labute approximate surface area is 157 Å². The van der Waals surface area contributed by atoms with E-state index in [2.05, 4.69) is 0 Å². The summed E-state index contributed by atoms with van der Waals surface area (Å²) in [6, 6.07) is 23.3. The Morgan fingerprint density at radius 1 is 0.852 bits per heavy atom. The van der Waals surface area contributed by atoms with Gasteiger partial charge < -0.3 is 9.15 Å². The zero-order chi connectivity index (χ0) is 18.8. The molecule has 0 saturated heterocycles. The number of fused-ring (bicyclic) bond motifs is 1. The zero-order valence-corrected chi connectivity index (χ0v) is 15.4. The first kappa shape index (κ1) is 17.1. The number of hydrogen-bond donors (Lipinski definition) is 0. The van der Waals surface area contributed by atoms with Crippen LogP contribution in [-0.2, 0) is 6.61 Å². The van der Waals surface area contributed by atoms with Crippen LogP contribution in [0, 0.1) is 13.8 Å². The van der Waals surface area contributed by atoms with Crippen molar-refractivity contribution in [2.24, 2.45) is 0 Å². The summed E-state index contributed by atoms with van der Waals surface area (Å²) in [4.78, 5) is 13.2. The molecule has 4 rings (SSSR count). The fourth-order valence-corrected chi connectivity index (χ4v) is 3.04. The van der Waals surface area contributed by atoms with Crippen LogP contribution in [-0.4, -0.2) is 0 Å². The van der Waals surface area contributed by atoms with Crippen LogP contribution in [0.3, 0.4) is 0 Å². The SMILES string of the molecule is Cc1ccc(COc2c(-c3ccccc3)oc3ccc(C)cc3c2=O)cc1. The van der Waals surface area contributed by atoms with Crippen molar-refractivity contribution in [3.8, 4) is 17.1 Å². The molecule has 0 spiro atoms. The molecule has 0 unspecified atom stereocenters. The number of aryl methyl sites for hydroxylation is 2. The van der Waals surface area contributed by atoms with Crippen LogP contribution in [0.15, 0.2) is 82.0 Å². The minimum Gasteiger partial charge on any atom is -0.481 e. The van der Waals surface area contributed by atoms with E-state index in [0.717, 1.165) is 16.7 Å². The Morgan fingerprint density at radius 3 is 2.30 bits per heavy atom. The summed E-state index contributed by atoms with van der Waals surface area (Å²) in [5.74, 6) is 0.712. The average Bonchev–Trinajstić information content (AvgIpc) is 2.69. The lowest BCUT2D eigenvalue weighted by atomic mass is 10.1. The van der Waals surface area contributed by atoms with Crippen molar-refractivity contribution < 1.29 is 9.15 Å². The smallest absolute Gasteiger partial charge is 0.235 e.